The van der Waals surface area contributed by atoms with E-state index >= 15 is 0 Å². The number of aryl methyl sites for hydroxylation is 2. The zero-order valence-electron chi connectivity index (χ0n) is 18.9. The normalized spacial score (nSPS) is 10.8. The summed E-state index contributed by atoms with van der Waals surface area (Å²) in [5.41, 5.74) is 4.18. The van der Waals surface area contributed by atoms with Gasteiger partial charge in [-0.1, -0.05) is 29.5 Å². The minimum absolute atomic E-state index is 0.0762. The number of amides is 1. The summed E-state index contributed by atoms with van der Waals surface area (Å²) in [6.07, 6.45) is 0. The number of carbonyl (C=O) groups is 2. The van der Waals surface area contributed by atoms with Gasteiger partial charge >= 0.3 is 0 Å². The Hall–Kier alpha value is -3.71. The lowest BCUT2D eigenvalue weighted by atomic mass is 10.1. The van der Waals surface area contributed by atoms with Gasteiger partial charge in [0, 0.05) is 5.56 Å². The number of ether oxygens (including phenoxy) is 2. The minimum atomic E-state index is -0.267. The highest BCUT2D eigenvalue weighted by molar-refractivity contribution is 7.22. The van der Waals surface area contributed by atoms with E-state index in [0.717, 1.165) is 27.0 Å². The summed E-state index contributed by atoms with van der Waals surface area (Å²) < 4.78 is 12.2. The van der Waals surface area contributed by atoms with Crippen LogP contribution in [0.2, 0.25) is 0 Å². The summed E-state index contributed by atoms with van der Waals surface area (Å²) in [6, 6.07) is 18.7. The maximum atomic E-state index is 13.5. The van der Waals surface area contributed by atoms with Crippen LogP contribution in [-0.4, -0.2) is 30.4 Å². The van der Waals surface area contributed by atoms with E-state index in [4.69, 9.17) is 14.5 Å². The summed E-state index contributed by atoms with van der Waals surface area (Å²) >= 11 is 1.45. The number of Topliss-reactive ketones (excluding diaryl/α,β-unsaturated/α-hetero) is 1. The first-order chi connectivity index (χ1) is 15.9. The first kappa shape index (κ1) is 22.5. The Bertz CT molecular complexity index is 1290. The minimum Gasteiger partial charge on any atom is -0.493 e. The molecule has 168 valence electrons. The van der Waals surface area contributed by atoms with Gasteiger partial charge in [0.05, 0.1) is 23.0 Å². The van der Waals surface area contributed by atoms with Crippen LogP contribution in [0.1, 0.15) is 28.4 Å². The number of para-hydroxylation sites is 1. The van der Waals surface area contributed by atoms with Gasteiger partial charge in [0.2, 0.25) is 0 Å². The summed E-state index contributed by atoms with van der Waals surface area (Å²) in [7, 11) is 1.50. The number of benzene rings is 3. The van der Waals surface area contributed by atoms with E-state index in [2.05, 4.69) is 6.07 Å². The molecule has 0 unspecified atom stereocenters. The maximum Gasteiger partial charge on any atom is 0.271 e. The number of hydrogen-bond acceptors (Lipinski definition) is 6. The predicted octanol–water partition coefficient (Wildman–Crippen LogP) is 5.87. The fourth-order valence-corrected chi connectivity index (χ4v) is 4.61. The van der Waals surface area contributed by atoms with Gasteiger partial charge in [-0.3, -0.25) is 14.5 Å². The molecule has 33 heavy (non-hydrogen) atoms. The summed E-state index contributed by atoms with van der Waals surface area (Å²) in [5, 5.41) is 0.577. The van der Waals surface area contributed by atoms with E-state index in [1.54, 1.807) is 23.1 Å². The van der Waals surface area contributed by atoms with E-state index in [-0.39, 0.29) is 18.3 Å². The van der Waals surface area contributed by atoms with E-state index in [0.29, 0.717) is 22.2 Å². The van der Waals surface area contributed by atoms with Crippen molar-refractivity contribution in [2.75, 3.05) is 18.6 Å². The standard InChI is InChI=1S/C26H24N2O4S/c1-16-11-17(2)13-20(12-16)28(26-27-21-7-5-6-8-24(21)33-26)25(30)15-32-22-10-9-19(18(3)29)14-23(22)31-4/h5-14H,15H2,1-4H3. The molecule has 0 aliphatic heterocycles. The number of carbonyl (C=O) groups excluding carboxylic acids is 2. The van der Waals surface area contributed by atoms with Gasteiger partial charge < -0.3 is 9.47 Å². The van der Waals surface area contributed by atoms with Crippen LogP contribution in [-0.2, 0) is 4.79 Å². The number of anilines is 2. The molecule has 0 saturated heterocycles. The fourth-order valence-electron chi connectivity index (χ4n) is 3.61. The molecule has 0 aliphatic carbocycles. The second-order valence-corrected chi connectivity index (χ2v) is 8.76. The highest BCUT2D eigenvalue weighted by Gasteiger charge is 2.23. The molecule has 0 saturated carbocycles. The van der Waals surface area contributed by atoms with Crippen molar-refractivity contribution in [1.29, 1.82) is 0 Å². The third-order valence-electron chi connectivity index (χ3n) is 5.11. The topological polar surface area (TPSA) is 68.7 Å². The molecule has 4 aromatic rings. The van der Waals surface area contributed by atoms with Crippen molar-refractivity contribution in [3.05, 3.63) is 77.4 Å². The largest absolute Gasteiger partial charge is 0.493 e. The van der Waals surface area contributed by atoms with Crippen molar-refractivity contribution >= 4 is 44.1 Å². The molecular formula is C26H24N2O4S. The van der Waals surface area contributed by atoms with Gasteiger partial charge in [0.1, 0.15) is 0 Å². The zero-order chi connectivity index (χ0) is 23.5. The third kappa shape index (κ3) is 4.88. The second kappa shape index (κ2) is 9.42. The van der Waals surface area contributed by atoms with Crippen molar-refractivity contribution in [3.63, 3.8) is 0 Å². The Morgan fingerprint density at radius 3 is 2.36 bits per heavy atom. The molecule has 1 amide bonds. The Labute approximate surface area is 196 Å². The molecule has 0 N–H and O–H groups in total. The molecule has 1 heterocycles. The lowest BCUT2D eigenvalue weighted by molar-refractivity contribution is -0.119. The number of nitrogens with zero attached hydrogens (tertiary/aromatic N) is 2. The average molecular weight is 461 g/mol. The second-order valence-electron chi connectivity index (χ2n) is 7.75. The number of aromatic nitrogens is 1. The number of ketones is 1. The molecule has 0 spiro atoms. The van der Waals surface area contributed by atoms with Crippen LogP contribution < -0.4 is 14.4 Å². The molecule has 0 bridgehead atoms. The highest BCUT2D eigenvalue weighted by Crippen LogP contribution is 2.35. The van der Waals surface area contributed by atoms with Crippen molar-refractivity contribution in [2.45, 2.75) is 20.8 Å². The number of methoxy groups -OCH3 is 1. The maximum absolute atomic E-state index is 13.5. The average Bonchev–Trinajstić information content (AvgIpc) is 3.20. The quantitative estimate of drug-likeness (QED) is 0.323. The predicted molar refractivity (Wildman–Crippen MR) is 131 cm³/mol. The molecule has 3 aromatic carbocycles. The van der Waals surface area contributed by atoms with Gasteiger partial charge in [0.15, 0.2) is 29.0 Å². The van der Waals surface area contributed by atoms with Gasteiger partial charge in [-0.2, -0.15) is 0 Å². The molecular weight excluding hydrogens is 436 g/mol. The lowest BCUT2D eigenvalue weighted by Crippen LogP contribution is -2.31. The zero-order valence-corrected chi connectivity index (χ0v) is 19.7. The fraction of sp³-hybridized carbons (Fsp3) is 0.192. The van der Waals surface area contributed by atoms with Gasteiger partial charge in [-0.25, -0.2) is 4.98 Å². The number of fused-ring (bicyclic) bond motifs is 1. The molecule has 0 radical (unpaired) electrons. The van der Waals surface area contributed by atoms with Crippen LogP contribution in [0.15, 0.2) is 60.7 Å². The third-order valence-corrected chi connectivity index (χ3v) is 6.13. The van der Waals surface area contributed by atoms with E-state index in [1.165, 1.54) is 25.4 Å². The first-order valence-corrected chi connectivity index (χ1v) is 11.3. The molecule has 7 heteroatoms. The Kier molecular flexibility index (Phi) is 6.42. The number of hydrogen-bond donors (Lipinski definition) is 0. The smallest absolute Gasteiger partial charge is 0.271 e. The lowest BCUT2D eigenvalue weighted by Gasteiger charge is -2.21. The summed E-state index contributed by atoms with van der Waals surface area (Å²) in [4.78, 5) is 31.4. The highest BCUT2D eigenvalue weighted by atomic mass is 32.1. The van der Waals surface area contributed by atoms with Crippen LogP contribution in [0.5, 0.6) is 11.5 Å². The van der Waals surface area contributed by atoms with Gasteiger partial charge in [-0.05, 0) is 74.4 Å². The molecule has 4 rings (SSSR count). The van der Waals surface area contributed by atoms with Crippen molar-refractivity contribution < 1.29 is 19.1 Å². The summed E-state index contributed by atoms with van der Waals surface area (Å²) in [5.74, 6) is 0.443. The van der Waals surface area contributed by atoms with E-state index < -0.39 is 0 Å². The van der Waals surface area contributed by atoms with Crippen LogP contribution >= 0.6 is 11.3 Å². The van der Waals surface area contributed by atoms with Gasteiger partial charge in [-0.15, -0.1) is 0 Å². The van der Waals surface area contributed by atoms with E-state index in [1.807, 2.05) is 50.2 Å². The molecule has 0 atom stereocenters. The number of thiazole rings is 1. The van der Waals surface area contributed by atoms with E-state index in [9.17, 15) is 9.59 Å². The summed E-state index contributed by atoms with van der Waals surface area (Å²) in [6.45, 7) is 5.25. The van der Waals surface area contributed by atoms with Gasteiger partial charge in [0.25, 0.3) is 5.91 Å². The van der Waals surface area contributed by atoms with Crippen LogP contribution in [0.25, 0.3) is 10.2 Å². The SMILES string of the molecule is COc1cc(C(C)=O)ccc1OCC(=O)N(c1cc(C)cc(C)c1)c1nc2ccccc2s1. The Morgan fingerprint density at radius 1 is 0.970 bits per heavy atom. The molecule has 1 aromatic heterocycles. The van der Waals surface area contributed by atoms with Crippen molar-refractivity contribution in [2.24, 2.45) is 0 Å². The monoisotopic (exact) mass is 460 g/mol. The van der Waals surface area contributed by atoms with Crippen LogP contribution in [0.4, 0.5) is 10.8 Å². The Balaban J connectivity index is 1.67. The van der Waals surface area contributed by atoms with Crippen LogP contribution in [0, 0.1) is 13.8 Å². The molecule has 6 nitrogen and oxygen atoms in total. The van der Waals surface area contributed by atoms with Crippen molar-refractivity contribution in [1.82, 2.24) is 4.98 Å². The first-order valence-electron chi connectivity index (χ1n) is 10.4. The molecule has 0 aliphatic rings. The van der Waals surface area contributed by atoms with Crippen molar-refractivity contribution in [3.8, 4) is 11.5 Å². The molecule has 0 fully saturated rings. The number of rotatable bonds is 7. The Morgan fingerprint density at radius 2 is 1.70 bits per heavy atom. The van der Waals surface area contributed by atoms with Crippen LogP contribution in [0.3, 0.4) is 0 Å².